The largest absolute Gasteiger partial charge is 0.466 e. The van der Waals surface area contributed by atoms with Crippen LogP contribution in [0.5, 0.6) is 0 Å². The molecule has 0 aromatic heterocycles. The Balaban J connectivity index is 0.000000749. The summed E-state index contributed by atoms with van der Waals surface area (Å²) in [7, 11) is -3.67. The van der Waals surface area contributed by atoms with Crippen molar-refractivity contribution >= 4 is 39.5 Å². The molecule has 9 heteroatoms. The van der Waals surface area contributed by atoms with Crippen molar-refractivity contribution < 1.29 is 27.3 Å². The number of rotatable bonds is 7. The SMILES string of the molecule is CCOC(=O)C1CCN(CCC(=O)/C=C/c2ccc(Cl)cc2)CC1.CS(=O)(=O)O. The third kappa shape index (κ3) is 12.4. The van der Waals surface area contributed by atoms with E-state index < -0.39 is 10.1 Å². The molecule has 0 bridgehead atoms. The summed E-state index contributed by atoms with van der Waals surface area (Å²) >= 11 is 5.83. The van der Waals surface area contributed by atoms with E-state index in [1.807, 2.05) is 25.1 Å². The molecule has 1 aromatic carbocycles. The smallest absolute Gasteiger partial charge is 0.309 e. The second kappa shape index (κ2) is 12.7. The number of ether oxygens (including phenoxy) is 1. The summed E-state index contributed by atoms with van der Waals surface area (Å²) in [6, 6.07) is 7.37. The summed E-state index contributed by atoms with van der Waals surface area (Å²) < 4.78 is 30.9. The van der Waals surface area contributed by atoms with Crippen molar-refractivity contribution in [1.82, 2.24) is 4.90 Å². The van der Waals surface area contributed by atoms with Crippen LogP contribution in [0.1, 0.15) is 31.7 Å². The number of hydrogen-bond acceptors (Lipinski definition) is 6. The lowest BCUT2D eigenvalue weighted by Crippen LogP contribution is -2.37. The minimum absolute atomic E-state index is 0.0155. The van der Waals surface area contributed by atoms with E-state index >= 15 is 0 Å². The highest BCUT2D eigenvalue weighted by Gasteiger charge is 2.25. The number of benzene rings is 1. The molecule has 0 unspecified atom stereocenters. The third-order valence-electron chi connectivity index (χ3n) is 4.21. The molecular formula is C20H28ClNO6S. The Bertz CT molecular complexity index is 776. The summed E-state index contributed by atoms with van der Waals surface area (Å²) in [4.78, 5) is 25.9. The Labute approximate surface area is 177 Å². The van der Waals surface area contributed by atoms with Gasteiger partial charge in [0.1, 0.15) is 0 Å². The second-order valence-electron chi connectivity index (χ2n) is 6.70. The average molecular weight is 446 g/mol. The Morgan fingerprint density at radius 1 is 1.24 bits per heavy atom. The number of carbonyl (C=O) groups is 2. The first-order valence-electron chi connectivity index (χ1n) is 9.36. The van der Waals surface area contributed by atoms with Gasteiger partial charge in [0.2, 0.25) is 0 Å². The van der Waals surface area contributed by atoms with Crippen molar-refractivity contribution in [3.63, 3.8) is 0 Å². The summed E-state index contributed by atoms with van der Waals surface area (Å²) in [6.07, 6.45) is 6.27. The Morgan fingerprint density at radius 3 is 2.31 bits per heavy atom. The van der Waals surface area contributed by atoms with Gasteiger partial charge in [-0.25, -0.2) is 0 Å². The summed E-state index contributed by atoms with van der Waals surface area (Å²) in [6.45, 7) is 4.69. The van der Waals surface area contributed by atoms with Crippen molar-refractivity contribution in [2.24, 2.45) is 5.92 Å². The van der Waals surface area contributed by atoms with Gasteiger partial charge >= 0.3 is 5.97 Å². The second-order valence-corrected chi connectivity index (χ2v) is 8.60. The topological polar surface area (TPSA) is 101 Å². The minimum atomic E-state index is -3.67. The van der Waals surface area contributed by atoms with Crippen LogP contribution < -0.4 is 0 Å². The number of halogens is 1. The van der Waals surface area contributed by atoms with Crippen LogP contribution in [-0.2, 0) is 24.4 Å². The number of piperidine rings is 1. The molecule has 1 aliphatic rings. The molecule has 162 valence electrons. The molecule has 1 fully saturated rings. The molecule has 0 atom stereocenters. The van der Waals surface area contributed by atoms with Gasteiger partial charge in [0, 0.05) is 18.0 Å². The minimum Gasteiger partial charge on any atom is -0.466 e. The van der Waals surface area contributed by atoms with Crippen molar-refractivity contribution in [2.75, 3.05) is 32.5 Å². The Hall–Kier alpha value is -1.74. The molecule has 1 N–H and O–H groups in total. The van der Waals surface area contributed by atoms with E-state index in [0.29, 0.717) is 24.3 Å². The van der Waals surface area contributed by atoms with Gasteiger partial charge in [0.05, 0.1) is 18.8 Å². The van der Waals surface area contributed by atoms with Gasteiger partial charge in [-0.2, -0.15) is 8.42 Å². The van der Waals surface area contributed by atoms with Crippen molar-refractivity contribution in [3.05, 3.63) is 40.9 Å². The number of hydrogen-bond donors (Lipinski definition) is 1. The zero-order chi connectivity index (χ0) is 21.9. The van der Waals surface area contributed by atoms with Crippen LogP contribution in [0, 0.1) is 5.92 Å². The highest BCUT2D eigenvalue weighted by atomic mass is 35.5. The lowest BCUT2D eigenvalue weighted by Gasteiger charge is -2.30. The molecule has 0 amide bonds. The van der Waals surface area contributed by atoms with Gasteiger partial charge in [-0.1, -0.05) is 29.8 Å². The monoisotopic (exact) mass is 445 g/mol. The van der Waals surface area contributed by atoms with Crippen LogP contribution >= 0.6 is 11.6 Å². The van der Waals surface area contributed by atoms with E-state index in [9.17, 15) is 18.0 Å². The lowest BCUT2D eigenvalue weighted by molar-refractivity contribution is -0.149. The molecular weight excluding hydrogens is 418 g/mol. The van der Waals surface area contributed by atoms with Crippen molar-refractivity contribution in [1.29, 1.82) is 0 Å². The van der Waals surface area contributed by atoms with Crippen LogP contribution in [0.2, 0.25) is 5.02 Å². The first-order valence-corrected chi connectivity index (χ1v) is 11.6. The molecule has 1 heterocycles. The van der Waals surface area contributed by atoms with Crippen LogP contribution in [0.4, 0.5) is 0 Å². The van der Waals surface area contributed by atoms with Gasteiger partial charge in [0.25, 0.3) is 10.1 Å². The molecule has 2 rings (SSSR count). The van der Waals surface area contributed by atoms with E-state index in [4.69, 9.17) is 20.9 Å². The van der Waals surface area contributed by atoms with Crippen LogP contribution in [0.15, 0.2) is 30.3 Å². The zero-order valence-corrected chi connectivity index (χ0v) is 18.3. The molecule has 1 aliphatic heterocycles. The van der Waals surface area contributed by atoms with Gasteiger partial charge in [-0.05, 0) is 56.6 Å². The lowest BCUT2D eigenvalue weighted by atomic mass is 9.97. The molecule has 0 aliphatic carbocycles. The highest BCUT2D eigenvalue weighted by Crippen LogP contribution is 2.19. The number of nitrogens with zero attached hydrogens (tertiary/aromatic N) is 1. The molecule has 0 radical (unpaired) electrons. The summed E-state index contributed by atoms with van der Waals surface area (Å²) in [5.74, 6) is 0.0401. The molecule has 1 aromatic rings. The predicted molar refractivity (Wildman–Crippen MR) is 113 cm³/mol. The third-order valence-corrected chi connectivity index (χ3v) is 4.47. The van der Waals surface area contributed by atoms with E-state index in [2.05, 4.69) is 4.90 Å². The molecule has 0 saturated carbocycles. The fourth-order valence-electron chi connectivity index (χ4n) is 2.77. The average Bonchev–Trinajstić information content (AvgIpc) is 2.65. The fraction of sp³-hybridized carbons (Fsp3) is 0.500. The molecule has 7 nitrogen and oxygen atoms in total. The molecule has 1 saturated heterocycles. The van der Waals surface area contributed by atoms with Crippen LogP contribution in [-0.4, -0.2) is 62.1 Å². The van der Waals surface area contributed by atoms with Gasteiger partial charge in [0.15, 0.2) is 5.78 Å². The number of esters is 1. The number of carbonyl (C=O) groups excluding carboxylic acids is 2. The zero-order valence-electron chi connectivity index (χ0n) is 16.7. The standard InChI is InChI=1S/C19H24ClNO3.CH4O3S/c1-2-24-19(23)16-9-12-21(13-10-16)14-11-18(22)8-5-15-3-6-17(20)7-4-15;1-5(2,3)4/h3-8,16H,2,9-14H2,1H3;1H3,(H,2,3,4)/b8-5+;. The normalized spacial score (nSPS) is 15.6. The Kier molecular flexibility index (Phi) is 11.1. The van der Waals surface area contributed by atoms with E-state index in [-0.39, 0.29) is 17.7 Å². The van der Waals surface area contributed by atoms with Crippen molar-refractivity contribution in [2.45, 2.75) is 26.2 Å². The highest BCUT2D eigenvalue weighted by molar-refractivity contribution is 7.85. The summed E-state index contributed by atoms with van der Waals surface area (Å²) in [5.41, 5.74) is 0.961. The first-order chi connectivity index (χ1) is 13.6. The summed E-state index contributed by atoms with van der Waals surface area (Å²) in [5, 5.41) is 0.685. The van der Waals surface area contributed by atoms with E-state index in [1.165, 1.54) is 0 Å². The number of likely N-dealkylation sites (tertiary alicyclic amines) is 1. The van der Waals surface area contributed by atoms with E-state index in [1.54, 1.807) is 18.2 Å². The molecule has 0 spiro atoms. The first kappa shape index (κ1) is 25.3. The molecule has 29 heavy (non-hydrogen) atoms. The van der Waals surface area contributed by atoms with Gasteiger partial charge in [-0.3, -0.25) is 14.1 Å². The fourth-order valence-corrected chi connectivity index (χ4v) is 2.89. The quantitative estimate of drug-likeness (QED) is 0.391. The van der Waals surface area contributed by atoms with Gasteiger partial charge < -0.3 is 9.64 Å². The van der Waals surface area contributed by atoms with Crippen LogP contribution in [0.25, 0.3) is 6.08 Å². The van der Waals surface area contributed by atoms with Crippen LogP contribution in [0.3, 0.4) is 0 Å². The Morgan fingerprint density at radius 2 is 1.79 bits per heavy atom. The predicted octanol–water partition coefficient (Wildman–Crippen LogP) is 3.09. The maximum atomic E-state index is 12.0. The number of ketones is 1. The van der Waals surface area contributed by atoms with E-state index in [0.717, 1.165) is 38.0 Å². The van der Waals surface area contributed by atoms with Crippen molar-refractivity contribution in [3.8, 4) is 0 Å². The van der Waals surface area contributed by atoms with Gasteiger partial charge in [-0.15, -0.1) is 0 Å². The number of allylic oxidation sites excluding steroid dienone is 1. The maximum absolute atomic E-state index is 12.0. The maximum Gasteiger partial charge on any atom is 0.309 e.